The number of nitrogens with one attached hydrogen (secondary N) is 1. The number of rotatable bonds is 4. The Morgan fingerprint density at radius 3 is 2.91 bits per heavy atom. The molecular weight excluding hydrogens is 288 g/mol. The van der Waals surface area contributed by atoms with Gasteiger partial charge in [-0.15, -0.1) is 5.10 Å². The Kier molecular flexibility index (Phi) is 3.55. The van der Waals surface area contributed by atoms with Gasteiger partial charge in [0.25, 0.3) is 5.89 Å². The number of nitriles is 1. The first-order chi connectivity index (χ1) is 10.6. The van der Waals surface area contributed by atoms with Gasteiger partial charge in [-0.1, -0.05) is 0 Å². The molecule has 1 fully saturated rings. The Labute approximate surface area is 125 Å². The summed E-state index contributed by atoms with van der Waals surface area (Å²) in [6, 6.07) is 5.39. The van der Waals surface area contributed by atoms with Crippen molar-refractivity contribution in [3.8, 4) is 17.7 Å². The molecule has 0 spiro atoms. The molecule has 0 atom stereocenters. The summed E-state index contributed by atoms with van der Waals surface area (Å²) in [6.07, 6.45) is 4.49. The summed E-state index contributed by atoms with van der Waals surface area (Å²) in [7, 11) is 0. The molecule has 1 saturated carbocycles. The molecule has 0 aliphatic heterocycles. The van der Waals surface area contributed by atoms with Crippen LogP contribution in [-0.4, -0.2) is 21.2 Å². The molecule has 1 N–H and O–H groups in total. The van der Waals surface area contributed by atoms with Gasteiger partial charge >= 0.3 is 5.76 Å². The second kappa shape index (κ2) is 5.52. The van der Waals surface area contributed by atoms with Gasteiger partial charge in [-0.05, 0) is 37.8 Å². The molecule has 2 aromatic rings. The van der Waals surface area contributed by atoms with Crippen LogP contribution in [0.25, 0.3) is 11.7 Å². The second-order valence-corrected chi connectivity index (χ2v) is 5.26. The summed E-state index contributed by atoms with van der Waals surface area (Å²) in [5, 5.41) is 15.8. The lowest BCUT2D eigenvalue weighted by atomic mass is 10.00. The van der Waals surface area contributed by atoms with Gasteiger partial charge in [0.1, 0.15) is 12.1 Å². The largest absolute Gasteiger partial charge is 0.459 e. The molecule has 0 unspecified atom stereocenters. The van der Waals surface area contributed by atoms with E-state index in [9.17, 15) is 14.9 Å². The van der Waals surface area contributed by atoms with E-state index in [-0.39, 0.29) is 12.4 Å². The maximum atomic E-state index is 12.1. The molecule has 8 heteroatoms. The molecule has 0 saturated heterocycles. The number of nitrogens with zero attached hydrogens (tertiary/aromatic N) is 3. The monoisotopic (exact) mass is 302 g/mol. The SMILES string of the molecule is N#CC1(NC(=O)Cn2nc(-c3ccco3)oc2=O)CCCC1. The summed E-state index contributed by atoms with van der Waals surface area (Å²) in [5.41, 5.74) is -0.825. The van der Waals surface area contributed by atoms with Gasteiger partial charge in [-0.3, -0.25) is 4.79 Å². The van der Waals surface area contributed by atoms with Crippen LogP contribution in [-0.2, 0) is 11.3 Å². The lowest BCUT2D eigenvalue weighted by molar-refractivity contribution is -0.123. The highest BCUT2D eigenvalue weighted by Gasteiger charge is 2.35. The summed E-state index contributed by atoms with van der Waals surface area (Å²) in [4.78, 5) is 23.8. The van der Waals surface area contributed by atoms with Crippen molar-refractivity contribution in [3.63, 3.8) is 0 Å². The topological polar surface area (TPSA) is 114 Å². The van der Waals surface area contributed by atoms with Gasteiger partial charge in [-0.2, -0.15) is 9.94 Å². The van der Waals surface area contributed by atoms with E-state index in [1.807, 2.05) is 0 Å². The Morgan fingerprint density at radius 2 is 2.27 bits per heavy atom. The highest BCUT2D eigenvalue weighted by atomic mass is 16.4. The Hall–Kier alpha value is -2.82. The van der Waals surface area contributed by atoms with Crippen molar-refractivity contribution in [2.24, 2.45) is 0 Å². The standard InChI is InChI=1S/C14H14N4O4/c15-9-14(5-1-2-6-14)16-11(19)8-18-13(20)22-12(17-18)10-4-3-7-21-10/h3-4,7H,1-2,5-6,8H2,(H,16,19). The van der Waals surface area contributed by atoms with Crippen LogP contribution in [0, 0.1) is 11.3 Å². The zero-order valence-electron chi connectivity index (χ0n) is 11.7. The van der Waals surface area contributed by atoms with Crippen LogP contribution in [0.3, 0.4) is 0 Å². The number of carbonyl (C=O) groups is 1. The molecule has 1 amide bonds. The maximum absolute atomic E-state index is 12.1. The van der Waals surface area contributed by atoms with Crippen LogP contribution in [0.5, 0.6) is 0 Å². The van der Waals surface area contributed by atoms with Crippen LogP contribution in [0.1, 0.15) is 25.7 Å². The van der Waals surface area contributed by atoms with E-state index in [0.29, 0.717) is 18.6 Å². The molecule has 1 aliphatic carbocycles. The highest BCUT2D eigenvalue weighted by Crippen LogP contribution is 2.28. The predicted octanol–water partition coefficient (Wildman–Crippen LogP) is 1.05. The zero-order valence-corrected chi connectivity index (χ0v) is 11.7. The van der Waals surface area contributed by atoms with E-state index in [0.717, 1.165) is 17.5 Å². The molecular formula is C14H14N4O4. The summed E-state index contributed by atoms with van der Waals surface area (Å²) in [5.74, 6) is -0.872. The van der Waals surface area contributed by atoms with Gasteiger partial charge in [0.15, 0.2) is 5.76 Å². The van der Waals surface area contributed by atoms with Gasteiger partial charge in [0.05, 0.1) is 12.3 Å². The highest BCUT2D eigenvalue weighted by molar-refractivity contribution is 5.77. The van der Waals surface area contributed by atoms with Gasteiger partial charge < -0.3 is 14.2 Å². The Morgan fingerprint density at radius 1 is 1.50 bits per heavy atom. The number of aromatic nitrogens is 2. The van der Waals surface area contributed by atoms with Crippen LogP contribution in [0.15, 0.2) is 32.0 Å². The van der Waals surface area contributed by atoms with Crippen molar-refractivity contribution in [2.45, 2.75) is 37.8 Å². The average molecular weight is 302 g/mol. The van der Waals surface area contributed by atoms with Crippen LogP contribution < -0.4 is 11.1 Å². The molecule has 1 aliphatic rings. The minimum absolute atomic E-state index is 0.0127. The third-order valence-corrected chi connectivity index (χ3v) is 3.68. The first-order valence-corrected chi connectivity index (χ1v) is 6.96. The quantitative estimate of drug-likeness (QED) is 0.902. The van der Waals surface area contributed by atoms with Gasteiger partial charge in [0, 0.05) is 0 Å². The average Bonchev–Trinajstić information content (AvgIpc) is 3.21. The lowest BCUT2D eigenvalue weighted by Gasteiger charge is -2.21. The van der Waals surface area contributed by atoms with E-state index in [2.05, 4.69) is 16.5 Å². The van der Waals surface area contributed by atoms with E-state index >= 15 is 0 Å². The molecule has 0 aromatic carbocycles. The molecule has 2 aromatic heterocycles. The summed E-state index contributed by atoms with van der Waals surface area (Å²) < 4.78 is 10.9. The van der Waals surface area contributed by atoms with Crippen molar-refractivity contribution in [2.75, 3.05) is 0 Å². The summed E-state index contributed by atoms with van der Waals surface area (Å²) in [6.45, 7) is -0.299. The fourth-order valence-electron chi connectivity index (χ4n) is 2.59. The zero-order chi connectivity index (χ0) is 15.6. The Bertz CT molecular complexity index is 760. The Balaban J connectivity index is 1.72. The van der Waals surface area contributed by atoms with Crippen molar-refractivity contribution in [1.82, 2.24) is 15.1 Å². The van der Waals surface area contributed by atoms with E-state index in [1.54, 1.807) is 12.1 Å². The molecule has 0 radical (unpaired) electrons. The van der Waals surface area contributed by atoms with Crippen molar-refractivity contribution < 1.29 is 13.6 Å². The molecule has 114 valence electrons. The number of hydrogen-bond donors (Lipinski definition) is 1. The van der Waals surface area contributed by atoms with E-state index in [4.69, 9.17) is 8.83 Å². The van der Waals surface area contributed by atoms with Crippen LogP contribution in [0.4, 0.5) is 0 Å². The molecule has 2 heterocycles. The second-order valence-electron chi connectivity index (χ2n) is 5.26. The van der Waals surface area contributed by atoms with Gasteiger partial charge in [0.2, 0.25) is 5.91 Å². The summed E-state index contributed by atoms with van der Waals surface area (Å²) >= 11 is 0. The fraction of sp³-hybridized carbons (Fsp3) is 0.429. The first-order valence-electron chi connectivity index (χ1n) is 6.96. The molecule has 22 heavy (non-hydrogen) atoms. The van der Waals surface area contributed by atoms with E-state index in [1.165, 1.54) is 6.26 Å². The number of hydrogen-bond acceptors (Lipinski definition) is 6. The fourth-order valence-corrected chi connectivity index (χ4v) is 2.59. The smallest absolute Gasteiger partial charge is 0.437 e. The lowest BCUT2D eigenvalue weighted by Crippen LogP contribution is -2.47. The van der Waals surface area contributed by atoms with Crippen molar-refractivity contribution >= 4 is 5.91 Å². The van der Waals surface area contributed by atoms with Crippen LogP contribution >= 0.6 is 0 Å². The minimum Gasteiger partial charge on any atom is -0.459 e. The van der Waals surface area contributed by atoms with Crippen LogP contribution in [0.2, 0.25) is 0 Å². The first kappa shape index (κ1) is 14.1. The molecule has 3 rings (SSSR count). The number of furan rings is 1. The third kappa shape index (κ3) is 2.65. The predicted molar refractivity (Wildman–Crippen MR) is 73.4 cm³/mol. The minimum atomic E-state index is -0.825. The number of amides is 1. The normalized spacial score (nSPS) is 16.3. The maximum Gasteiger partial charge on any atom is 0.437 e. The van der Waals surface area contributed by atoms with Crippen molar-refractivity contribution in [1.29, 1.82) is 5.26 Å². The van der Waals surface area contributed by atoms with Crippen molar-refractivity contribution in [3.05, 3.63) is 28.9 Å². The molecule has 8 nitrogen and oxygen atoms in total. The number of carbonyl (C=O) groups excluding carboxylic acids is 1. The van der Waals surface area contributed by atoms with Gasteiger partial charge in [-0.25, -0.2) is 4.79 Å². The molecule has 0 bridgehead atoms. The third-order valence-electron chi connectivity index (χ3n) is 3.68. The van der Waals surface area contributed by atoms with E-state index < -0.39 is 17.2 Å².